The van der Waals surface area contributed by atoms with Crippen molar-refractivity contribution in [1.82, 2.24) is 9.88 Å². The van der Waals surface area contributed by atoms with Crippen LogP contribution >= 0.6 is 11.3 Å². The Bertz CT molecular complexity index is 1380. The molecular formula is C23H19N3O3S2. The Hall–Kier alpha value is -3.23. The van der Waals surface area contributed by atoms with Gasteiger partial charge in [-0.3, -0.25) is 14.5 Å². The number of para-hydroxylation sites is 1. The first-order chi connectivity index (χ1) is 15.0. The SMILES string of the molecule is O=C(c1cccs1)N1CCc2ccc(NS(=O)(=O)c3cccc4cccnc34)cc2C1. The number of carbonyl (C=O) groups excluding carboxylic acids is 1. The highest BCUT2D eigenvalue weighted by atomic mass is 32.2. The molecule has 0 bridgehead atoms. The quantitative estimate of drug-likeness (QED) is 0.504. The Balaban J connectivity index is 1.42. The van der Waals surface area contributed by atoms with Crippen molar-refractivity contribution in [3.05, 3.63) is 88.2 Å². The summed E-state index contributed by atoms with van der Waals surface area (Å²) in [6.07, 6.45) is 2.33. The standard InChI is InChI=1S/C23H19N3O3S2/c27-23(20-6-3-13-30-20)26-12-10-16-8-9-19(14-18(16)15-26)25-31(28,29)21-7-1-4-17-5-2-11-24-22(17)21/h1-9,11,13-14,25H,10,12,15H2. The number of pyridine rings is 1. The van der Waals surface area contributed by atoms with E-state index in [-0.39, 0.29) is 10.8 Å². The molecule has 1 aliphatic heterocycles. The minimum Gasteiger partial charge on any atom is -0.333 e. The molecule has 1 N–H and O–H groups in total. The summed E-state index contributed by atoms with van der Waals surface area (Å²) in [5.41, 5.74) is 2.98. The molecule has 0 fully saturated rings. The summed E-state index contributed by atoms with van der Waals surface area (Å²) < 4.78 is 28.9. The molecular weight excluding hydrogens is 430 g/mol. The van der Waals surface area contributed by atoms with E-state index in [1.165, 1.54) is 11.3 Å². The number of thiophene rings is 1. The second kappa shape index (κ2) is 7.79. The zero-order chi connectivity index (χ0) is 21.4. The third-order valence-corrected chi connectivity index (χ3v) is 7.65. The van der Waals surface area contributed by atoms with E-state index in [1.807, 2.05) is 41.8 Å². The Morgan fingerprint density at radius 2 is 1.90 bits per heavy atom. The van der Waals surface area contributed by atoms with Gasteiger partial charge in [-0.25, -0.2) is 8.42 Å². The number of carbonyl (C=O) groups is 1. The van der Waals surface area contributed by atoms with Crippen molar-refractivity contribution in [3.63, 3.8) is 0 Å². The minimum atomic E-state index is -3.82. The van der Waals surface area contributed by atoms with Crippen molar-refractivity contribution in [3.8, 4) is 0 Å². The normalized spacial score (nSPS) is 13.7. The van der Waals surface area contributed by atoms with E-state index in [0.717, 1.165) is 22.9 Å². The fraction of sp³-hybridized carbons (Fsp3) is 0.130. The maximum absolute atomic E-state index is 13.1. The molecule has 2 aromatic heterocycles. The van der Waals surface area contributed by atoms with Gasteiger partial charge < -0.3 is 4.90 Å². The average Bonchev–Trinajstić information content (AvgIpc) is 3.32. The van der Waals surface area contributed by atoms with E-state index in [9.17, 15) is 13.2 Å². The minimum absolute atomic E-state index is 0.00784. The van der Waals surface area contributed by atoms with E-state index in [1.54, 1.807) is 35.4 Å². The molecule has 0 radical (unpaired) electrons. The molecule has 6 nitrogen and oxygen atoms in total. The number of sulfonamides is 1. The van der Waals surface area contributed by atoms with Gasteiger partial charge in [-0.1, -0.05) is 30.3 Å². The van der Waals surface area contributed by atoms with Gasteiger partial charge in [0, 0.05) is 30.4 Å². The molecule has 3 heterocycles. The molecule has 0 atom stereocenters. The number of hydrogen-bond acceptors (Lipinski definition) is 5. The van der Waals surface area contributed by atoms with E-state index >= 15 is 0 Å². The lowest BCUT2D eigenvalue weighted by Crippen LogP contribution is -2.35. The molecule has 8 heteroatoms. The number of rotatable bonds is 4. The Morgan fingerprint density at radius 1 is 1.03 bits per heavy atom. The lowest BCUT2D eigenvalue weighted by molar-refractivity contribution is 0.0739. The van der Waals surface area contributed by atoms with Crippen molar-refractivity contribution in [2.75, 3.05) is 11.3 Å². The predicted molar refractivity (Wildman–Crippen MR) is 122 cm³/mol. The first-order valence-corrected chi connectivity index (χ1v) is 12.2. The highest BCUT2D eigenvalue weighted by molar-refractivity contribution is 7.93. The lowest BCUT2D eigenvalue weighted by atomic mass is 9.99. The zero-order valence-electron chi connectivity index (χ0n) is 16.5. The van der Waals surface area contributed by atoms with Crippen LogP contribution in [0.3, 0.4) is 0 Å². The number of benzene rings is 2. The van der Waals surface area contributed by atoms with Crippen LogP contribution in [0.4, 0.5) is 5.69 Å². The van der Waals surface area contributed by atoms with E-state index in [2.05, 4.69) is 9.71 Å². The van der Waals surface area contributed by atoms with Crippen molar-refractivity contribution in [1.29, 1.82) is 0 Å². The molecule has 2 aromatic carbocycles. The van der Waals surface area contributed by atoms with Gasteiger partial charge in [-0.05, 0) is 53.3 Å². The topological polar surface area (TPSA) is 79.4 Å². The molecule has 156 valence electrons. The second-order valence-corrected chi connectivity index (χ2v) is 9.97. The van der Waals surface area contributed by atoms with Crippen molar-refractivity contribution >= 4 is 43.9 Å². The van der Waals surface area contributed by atoms with Gasteiger partial charge in [0.2, 0.25) is 0 Å². The van der Waals surface area contributed by atoms with Gasteiger partial charge in [0.25, 0.3) is 15.9 Å². The molecule has 0 aliphatic carbocycles. The van der Waals surface area contributed by atoms with Gasteiger partial charge in [-0.15, -0.1) is 11.3 Å². The van der Waals surface area contributed by atoms with Gasteiger partial charge >= 0.3 is 0 Å². The number of nitrogens with one attached hydrogen (secondary N) is 1. The van der Waals surface area contributed by atoms with Crippen LogP contribution in [0.15, 0.2) is 77.1 Å². The summed E-state index contributed by atoms with van der Waals surface area (Å²) in [6.45, 7) is 1.11. The van der Waals surface area contributed by atoms with Crippen LogP contribution in [0.1, 0.15) is 20.8 Å². The third kappa shape index (κ3) is 3.80. The van der Waals surface area contributed by atoms with Crippen LogP contribution in [0, 0.1) is 0 Å². The molecule has 0 saturated carbocycles. The highest BCUT2D eigenvalue weighted by Gasteiger charge is 2.24. The molecule has 0 unspecified atom stereocenters. The summed E-state index contributed by atoms with van der Waals surface area (Å²) in [4.78, 5) is 19.6. The van der Waals surface area contributed by atoms with E-state index < -0.39 is 10.0 Å². The van der Waals surface area contributed by atoms with Crippen LogP contribution in [-0.4, -0.2) is 30.8 Å². The maximum atomic E-state index is 13.1. The fourth-order valence-electron chi connectivity index (χ4n) is 3.85. The molecule has 0 spiro atoms. The van der Waals surface area contributed by atoms with E-state index in [4.69, 9.17) is 0 Å². The molecule has 5 rings (SSSR count). The number of aromatic nitrogens is 1. The van der Waals surface area contributed by atoms with Crippen LogP contribution in [0.25, 0.3) is 10.9 Å². The molecule has 1 amide bonds. The smallest absolute Gasteiger partial charge is 0.264 e. The monoisotopic (exact) mass is 449 g/mol. The van der Waals surface area contributed by atoms with Crippen LogP contribution in [0.2, 0.25) is 0 Å². The van der Waals surface area contributed by atoms with Gasteiger partial charge in [0.1, 0.15) is 4.90 Å². The summed E-state index contributed by atoms with van der Waals surface area (Å²) in [5.74, 6) is 0.00784. The first kappa shape index (κ1) is 19.7. The molecule has 31 heavy (non-hydrogen) atoms. The molecule has 0 saturated heterocycles. The summed E-state index contributed by atoms with van der Waals surface area (Å²) in [6, 6.07) is 17.9. The zero-order valence-corrected chi connectivity index (χ0v) is 18.1. The number of anilines is 1. The highest BCUT2D eigenvalue weighted by Crippen LogP contribution is 2.27. The van der Waals surface area contributed by atoms with Crippen molar-refractivity contribution in [2.45, 2.75) is 17.9 Å². The summed E-state index contributed by atoms with van der Waals surface area (Å²) in [5, 5.41) is 2.65. The maximum Gasteiger partial charge on any atom is 0.264 e. The predicted octanol–water partition coefficient (Wildman–Crippen LogP) is 4.30. The lowest BCUT2D eigenvalue weighted by Gasteiger charge is -2.29. The van der Waals surface area contributed by atoms with Crippen molar-refractivity contribution < 1.29 is 13.2 Å². The number of nitrogens with zero attached hydrogens (tertiary/aromatic N) is 2. The largest absolute Gasteiger partial charge is 0.333 e. The Labute approximate surface area is 184 Å². The second-order valence-electron chi connectivity index (χ2n) is 7.37. The number of fused-ring (bicyclic) bond motifs is 2. The number of hydrogen-bond donors (Lipinski definition) is 1. The first-order valence-electron chi connectivity index (χ1n) is 9.82. The van der Waals surface area contributed by atoms with Crippen molar-refractivity contribution in [2.24, 2.45) is 0 Å². The molecule has 4 aromatic rings. The van der Waals surface area contributed by atoms with Crippen LogP contribution < -0.4 is 4.72 Å². The fourth-order valence-corrected chi connectivity index (χ4v) is 5.77. The van der Waals surface area contributed by atoms with Crippen LogP contribution in [-0.2, 0) is 23.0 Å². The Kier molecular flexibility index (Phi) is 4.95. The summed E-state index contributed by atoms with van der Waals surface area (Å²) >= 11 is 1.43. The van der Waals surface area contributed by atoms with Crippen LogP contribution in [0.5, 0.6) is 0 Å². The number of amides is 1. The third-order valence-electron chi connectivity index (χ3n) is 5.38. The molecule has 1 aliphatic rings. The summed E-state index contributed by atoms with van der Waals surface area (Å²) in [7, 11) is -3.82. The van der Waals surface area contributed by atoms with Gasteiger partial charge in [0.05, 0.1) is 10.4 Å². The average molecular weight is 450 g/mol. The Morgan fingerprint density at radius 3 is 2.74 bits per heavy atom. The van der Waals surface area contributed by atoms with Gasteiger partial charge in [0.15, 0.2) is 0 Å². The van der Waals surface area contributed by atoms with E-state index in [0.29, 0.717) is 29.2 Å². The van der Waals surface area contributed by atoms with Gasteiger partial charge in [-0.2, -0.15) is 0 Å².